The van der Waals surface area contributed by atoms with Gasteiger partial charge in [-0.15, -0.1) is 0 Å². The van der Waals surface area contributed by atoms with Crippen molar-refractivity contribution in [3.05, 3.63) is 36.0 Å². The van der Waals surface area contributed by atoms with Gasteiger partial charge >= 0.3 is 6.18 Å². The van der Waals surface area contributed by atoms with E-state index in [-0.39, 0.29) is 6.54 Å². The zero-order chi connectivity index (χ0) is 15.5. The highest BCUT2D eigenvalue weighted by Gasteiger charge is 2.27. The number of fused-ring (bicyclic) bond motifs is 1. The molecule has 0 aliphatic heterocycles. The van der Waals surface area contributed by atoms with Gasteiger partial charge in [-0.05, 0) is 30.1 Å². The van der Waals surface area contributed by atoms with Gasteiger partial charge in [0.25, 0.3) is 0 Å². The second kappa shape index (κ2) is 6.17. The minimum absolute atomic E-state index is 0.136. The summed E-state index contributed by atoms with van der Waals surface area (Å²) in [5, 5.41) is 5.84. The average molecular weight is 299 g/mol. The topological polar surface area (TPSA) is 46.1 Å². The maximum Gasteiger partial charge on any atom is 0.405 e. The minimum Gasteiger partial charge on any atom is -0.345 e. The Balaban J connectivity index is 2.11. The van der Waals surface area contributed by atoms with Crippen molar-refractivity contribution in [2.75, 3.05) is 13.6 Å². The first-order valence-corrected chi connectivity index (χ1v) is 6.45. The third kappa shape index (κ3) is 4.22. The largest absolute Gasteiger partial charge is 0.405 e. The Bertz CT molecular complexity index is 634. The molecule has 21 heavy (non-hydrogen) atoms. The van der Waals surface area contributed by atoms with E-state index < -0.39 is 18.6 Å². The van der Waals surface area contributed by atoms with Crippen molar-refractivity contribution in [2.45, 2.75) is 19.3 Å². The van der Waals surface area contributed by atoms with Gasteiger partial charge in [-0.2, -0.15) is 13.2 Å². The molecule has 0 aliphatic rings. The lowest BCUT2D eigenvalue weighted by atomic mass is 10.1. The molecule has 1 aromatic carbocycles. The summed E-state index contributed by atoms with van der Waals surface area (Å²) in [4.78, 5) is 11.6. The Kier molecular flexibility index (Phi) is 4.52. The number of carbonyl (C=O) groups excluding carboxylic acids is 1. The summed E-state index contributed by atoms with van der Waals surface area (Å²) in [5.74, 6) is -0.663. The summed E-state index contributed by atoms with van der Waals surface area (Å²) in [6.07, 6.45) is -2.70. The number of alkyl halides is 3. The van der Waals surface area contributed by atoms with Crippen LogP contribution in [0.25, 0.3) is 10.9 Å². The summed E-state index contributed by atoms with van der Waals surface area (Å²) in [6.45, 7) is -0.764. The van der Waals surface area contributed by atoms with Gasteiger partial charge in [-0.1, -0.05) is 12.1 Å². The fraction of sp³-hybridized carbons (Fsp3) is 0.357. The highest BCUT2D eigenvalue weighted by molar-refractivity contribution is 5.83. The van der Waals surface area contributed by atoms with Gasteiger partial charge in [-0.3, -0.25) is 4.79 Å². The first-order valence-electron chi connectivity index (χ1n) is 6.45. The molecule has 2 N–H and O–H groups in total. The molecule has 0 spiro atoms. The second-order valence-corrected chi connectivity index (χ2v) is 4.76. The lowest BCUT2D eigenvalue weighted by Crippen LogP contribution is -2.35. The predicted octanol–water partition coefficient (Wildman–Crippen LogP) is 2.04. The molecule has 0 atom stereocenters. The average Bonchev–Trinajstić information content (AvgIpc) is 2.79. The first-order chi connectivity index (χ1) is 9.89. The molecule has 2 aromatic rings. The number of amides is 1. The van der Waals surface area contributed by atoms with E-state index in [9.17, 15) is 18.0 Å². The van der Waals surface area contributed by atoms with Gasteiger partial charge in [0.2, 0.25) is 5.91 Å². The second-order valence-electron chi connectivity index (χ2n) is 4.76. The van der Waals surface area contributed by atoms with Crippen LogP contribution in [0.2, 0.25) is 0 Å². The zero-order valence-electron chi connectivity index (χ0n) is 11.5. The molecule has 0 radical (unpaired) electrons. The standard InChI is InChI=1S/C14H16F3N3O/c1-18-7-10-2-3-11-4-5-20(12(11)6-10)8-13(21)19-9-14(15,16)17/h2-6,18H,7-9H2,1H3,(H,19,21). The van der Waals surface area contributed by atoms with E-state index >= 15 is 0 Å². The van der Waals surface area contributed by atoms with Crippen LogP contribution in [0.3, 0.4) is 0 Å². The molecule has 2 rings (SSSR count). The first kappa shape index (κ1) is 15.4. The van der Waals surface area contributed by atoms with Crippen LogP contribution >= 0.6 is 0 Å². The van der Waals surface area contributed by atoms with Crippen molar-refractivity contribution in [1.82, 2.24) is 15.2 Å². The molecule has 0 aliphatic carbocycles. The SMILES string of the molecule is CNCc1ccc2ccn(CC(=O)NCC(F)(F)F)c2c1. The Morgan fingerprint density at radius 2 is 2.05 bits per heavy atom. The molecule has 0 fully saturated rings. The smallest absolute Gasteiger partial charge is 0.345 e. The number of aromatic nitrogens is 1. The molecule has 0 saturated carbocycles. The van der Waals surface area contributed by atoms with Crippen LogP contribution in [0.4, 0.5) is 13.2 Å². The molecule has 0 bridgehead atoms. The quantitative estimate of drug-likeness (QED) is 0.887. The van der Waals surface area contributed by atoms with Gasteiger partial charge < -0.3 is 15.2 Å². The predicted molar refractivity (Wildman–Crippen MR) is 73.8 cm³/mol. The summed E-state index contributed by atoms with van der Waals surface area (Å²) in [5.41, 5.74) is 1.87. The molecule has 4 nitrogen and oxygen atoms in total. The monoisotopic (exact) mass is 299 g/mol. The number of hydrogen-bond acceptors (Lipinski definition) is 2. The molecule has 1 aromatic heterocycles. The molecular weight excluding hydrogens is 283 g/mol. The van der Waals surface area contributed by atoms with E-state index in [1.165, 1.54) is 0 Å². The lowest BCUT2D eigenvalue weighted by Gasteiger charge is -2.10. The highest BCUT2D eigenvalue weighted by atomic mass is 19.4. The Labute approximate surface area is 119 Å². The van der Waals surface area contributed by atoms with Crippen LogP contribution in [0.15, 0.2) is 30.5 Å². The van der Waals surface area contributed by atoms with Crippen molar-refractivity contribution in [3.8, 4) is 0 Å². The van der Waals surface area contributed by atoms with Crippen LogP contribution in [0.1, 0.15) is 5.56 Å². The van der Waals surface area contributed by atoms with Crippen LogP contribution in [-0.4, -0.2) is 30.2 Å². The lowest BCUT2D eigenvalue weighted by molar-refractivity contribution is -0.138. The number of rotatable bonds is 5. The summed E-state index contributed by atoms with van der Waals surface area (Å²) in [7, 11) is 1.83. The van der Waals surface area contributed by atoms with E-state index in [1.54, 1.807) is 10.8 Å². The summed E-state index contributed by atoms with van der Waals surface area (Å²) < 4.78 is 37.8. The van der Waals surface area contributed by atoms with Crippen molar-refractivity contribution >= 4 is 16.8 Å². The van der Waals surface area contributed by atoms with Crippen molar-refractivity contribution in [2.24, 2.45) is 0 Å². The molecule has 114 valence electrons. The van der Waals surface area contributed by atoms with Gasteiger partial charge in [0, 0.05) is 18.3 Å². The van der Waals surface area contributed by atoms with E-state index in [4.69, 9.17) is 0 Å². The molecule has 1 amide bonds. The molecular formula is C14H16F3N3O. The molecule has 0 unspecified atom stereocenters. The third-order valence-corrected chi connectivity index (χ3v) is 3.02. The van der Waals surface area contributed by atoms with Crippen LogP contribution < -0.4 is 10.6 Å². The van der Waals surface area contributed by atoms with Crippen molar-refractivity contribution in [1.29, 1.82) is 0 Å². The third-order valence-electron chi connectivity index (χ3n) is 3.02. The Hall–Kier alpha value is -2.02. The van der Waals surface area contributed by atoms with E-state index in [0.717, 1.165) is 16.5 Å². The van der Waals surface area contributed by atoms with Crippen LogP contribution in [0.5, 0.6) is 0 Å². The van der Waals surface area contributed by atoms with Gasteiger partial charge in [-0.25, -0.2) is 0 Å². The fourth-order valence-corrected chi connectivity index (χ4v) is 2.09. The summed E-state index contributed by atoms with van der Waals surface area (Å²) in [6, 6.07) is 7.64. The number of hydrogen-bond donors (Lipinski definition) is 2. The van der Waals surface area contributed by atoms with Gasteiger partial charge in [0.15, 0.2) is 0 Å². The van der Waals surface area contributed by atoms with E-state index in [2.05, 4.69) is 5.32 Å². The zero-order valence-corrected chi connectivity index (χ0v) is 11.5. The highest BCUT2D eigenvalue weighted by Crippen LogP contribution is 2.18. The molecule has 1 heterocycles. The number of benzene rings is 1. The maximum absolute atomic E-state index is 12.1. The summed E-state index contributed by atoms with van der Waals surface area (Å²) >= 11 is 0. The van der Waals surface area contributed by atoms with Crippen LogP contribution in [-0.2, 0) is 17.9 Å². The normalized spacial score (nSPS) is 11.8. The minimum atomic E-state index is -4.39. The van der Waals surface area contributed by atoms with Crippen LogP contribution in [0, 0.1) is 0 Å². The maximum atomic E-state index is 12.1. The molecule has 7 heteroatoms. The number of nitrogens with one attached hydrogen (secondary N) is 2. The number of nitrogens with zero attached hydrogens (tertiary/aromatic N) is 1. The van der Waals surface area contributed by atoms with Gasteiger partial charge in [0.05, 0.1) is 0 Å². The van der Waals surface area contributed by atoms with E-state index in [1.807, 2.05) is 36.6 Å². The Morgan fingerprint density at radius 1 is 1.29 bits per heavy atom. The fourth-order valence-electron chi connectivity index (χ4n) is 2.09. The number of halogens is 3. The Morgan fingerprint density at radius 3 is 2.71 bits per heavy atom. The van der Waals surface area contributed by atoms with Gasteiger partial charge in [0.1, 0.15) is 13.1 Å². The number of carbonyl (C=O) groups is 1. The van der Waals surface area contributed by atoms with E-state index in [0.29, 0.717) is 6.54 Å². The van der Waals surface area contributed by atoms with Crippen molar-refractivity contribution in [3.63, 3.8) is 0 Å². The van der Waals surface area contributed by atoms with Crippen molar-refractivity contribution < 1.29 is 18.0 Å². The molecule has 0 saturated heterocycles.